The molecule has 1 aliphatic rings. The average Bonchev–Trinajstić information content (AvgIpc) is 2.78. The van der Waals surface area contributed by atoms with Crippen molar-refractivity contribution in [3.63, 3.8) is 0 Å². The number of benzene rings is 2. The van der Waals surface area contributed by atoms with E-state index >= 15 is 0 Å². The van der Waals surface area contributed by atoms with Crippen LogP contribution in [0, 0.1) is 0 Å². The van der Waals surface area contributed by atoms with Crippen molar-refractivity contribution in [1.29, 1.82) is 0 Å². The highest BCUT2D eigenvalue weighted by Gasteiger charge is 2.23. The third kappa shape index (κ3) is 4.84. The molecular formula is C24H30O5. The average molecular weight is 398 g/mol. The van der Waals surface area contributed by atoms with Crippen LogP contribution in [0.15, 0.2) is 36.4 Å². The summed E-state index contributed by atoms with van der Waals surface area (Å²) in [5, 5.41) is 0. The molecule has 5 heteroatoms. The number of hydrogen-bond donors (Lipinski definition) is 0. The van der Waals surface area contributed by atoms with Crippen LogP contribution in [-0.4, -0.2) is 33.2 Å². The largest absolute Gasteiger partial charge is 0.496 e. The number of rotatable bonds is 8. The van der Waals surface area contributed by atoms with E-state index in [-0.39, 0.29) is 17.8 Å². The molecule has 0 N–H and O–H groups in total. The minimum Gasteiger partial charge on any atom is -0.496 e. The van der Waals surface area contributed by atoms with E-state index < -0.39 is 0 Å². The van der Waals surface area contributed by atoms with E-state index in [0.29, 0.717) is 22.8 Å². The Morgan fingerprint density at radius 1 is 0.862 bits per heavy atom. The van der Waals surface area contributed by atoms with Gasteiger partial charge in [0, 0.05) is 12.0 Å². The number of ether oxygens (including phenoxy) is 4. The summed E-state index contributed by atoms with van der Waals surface area (Å²) in [4.78, 5) is 13.2. The van der Waals surface area contributed by atoms with Crippen molar-refractivity contribution in [1.82, 2.24) is 0 Å². The number of methoxy groups -OCH3 is 3. The summed E-state index contributed by atoms with van der Waals surface area (Å²) in [6, 6.07) is 11.0. The summed E-state index contributed by atoms with van der Waals surface area (Å²) in [6.45, 7) is 1.88. The summed E-state index contributed by atoms with van der Waals surface area (Å²) in [5.41, 5.74) is 1.41. The SMILES string of the molecule is COc1ccc(C(C)C(=O)c2ccc(OC3CCCCC3)cc2OC)cc1OC. The smallest absolute Gasteiger partial charge is 0.173 e. The van der Waals surface area contributed by atoms with E-state index in [1.807, 2.05) is 37.3 Å². The van der Waals surface area contributed by atoms with Crippen molar-refractivity contribution in [3.8, 4) is 23.0 Å². The molecule has 1 aliphatic carbocycles. The molecule has 1 saturated carbocycles. The Bertz CT molecular complexity index is 839. The van der Waals surface area contributed by atoms with Gasteiger partial charge in [-0.25, -0.2) is 0 Å². The summed E-state index contributed by atoms with van der Waals surface area (Å²) in [5.74, 6) is 2.16. The standard InChI is InChI=1S/C24H30O5/c1-16(17-10-13-21(26-2)23(14-17)28-4)24(25)20-12-11-19(15-22(20)27-3)29-18-8-6-5-7-9-18/h10-16,18H,5-9H2,1-4H3. The maximum Gasteiger partial charge on any atom is 0.173 e. The zero-order valence-electron chi connectivity index (χ0n) is 17.7. The van der Waals surface area contributed by atoms with Gasteiger partial charge in [0.25, 0.3) is 0 Å². The number of carbonyl (C=O) groups excluding carboxylic acids is 1. The molecule has 0 amide bonds. The molecule has 156 valence electrons. The van der Waals surface area contributed by atoms with Gasteiger partial charge in [-0.2, -0.15) is 0 Å². The van der Waals surface area contributed by atoms with Crippen molar-refractivity contribution in [3.05, 3.63) is 47.5 Å². The highest BCUT2D eigenvalue weighted by Crippen LogP contribution is 2.34. The molecule has 29 heavy (non-hydrogen) atoms. The fourth-order valence-electron chi connectivity index (χ4n) is 3.83. The van der Waals surface area contributed by atoms with Crippen LogP contribution < -0.4 is 18.9 Å². The second-order valence-electron chi connectivity index (χ2n) is 7.44. The van der Waals surface area contributed by atoms with Gasteiger partial charge in [0.15, 0.2) is 17.3 Å². The van der Waals surface area contributed by atoms with Gasteiger partial charge in [-0.15, -0.1) is 0 Å². The Morgan fingerprint density at radius 3 is 2.21 bits per heavy atom. The fraction of sp³-hybridized carbons (Fsp3) is 0.458. The van der Waals surface area contributed by atoms with E-state index in [1.54, 1.807) is 27.4 Å². The monoisotopic (exact) mass is 398 g/mol. The van der Waals surface area contributed by atoms with Crippen LogP contribution in [0.5, 0.6) is 23.0 Å². The lowest BCUT2D eigenvalue weighted by Gasteiger charge is -2.23. The molecule has 0 bridgehead atoms. The normalized spacial score (nSPS) is 15.4. The zero-order valence-corrected chi connectivity index (χ0v) is 17.7. The molecule has 0 aliphatic heterocycles. The van der Waals surface area contributed by atoms with Crippen molar-refractivity contribution >= 4 is 5.78 Å². The lowest BCUT2D eigenvalue weighted by molar-refractivity contribution is 0.0963. The first kappa shape index (κ1) is 21.0. The Morgan fingerprint density at radius 2 is 1.55 bits per heavy atom. The molecule has 0 saturated heterocycles. The predicted octanol–water partition coefficient (Wildman–Crippen LogP) is 5.41. The first-order valence-electron chi connectivity index (χ1n) is 10.2. The lowest BCUT2D eigenvalue weighted by atomic mass is 9.91. The molecular weight excluding hydrogens is 368 g/mol. The molecule has 1 fully saturated rings. The highest BCUT2D eigenvalue weighted by atomic mass is 16.5. The number of carbonyl (C=O) groups is 1. The van der Waals surface area contributed by atoms with Crippen molar-refractivity contribution in [2.24, 2.45) is 0 Å². The second kappa shape index (κ2) is 9.68. The van der Waals surface area contributed by atoms with Crippen molar-refractivity contribution < 1.29 is 23.7 Å². The Hall–Kier alpha value is -2.69. The molecule has 1 unspecified atom stereocenters. The summed E-state index contributed by atoms with van der Waals surface area (Å²) >= 11 is 0. The maximum absolute atomic E-state index is 13.2. The Balaban J connectivity index is 1.80. The summed E-state index contributed by atoms with van der Waals surface area (Å²) in [6.07, 6.45) is 6.12. The minimum atomic E-state index is -0.353. The second-order valence-corrected chi connectivity index (χ2v) is 7.44. The molecule has 2 aromatic rings. The zero-order chi connectivity index (χ0) is 20.8. The third-order valence-corrected chi connectivity index (χ3v) is 5.59. The minimum absolute atomic E-state index is 0.0155. The van der Waals surface area contributed by atoms with Gasteiger partial charge in [0.1, 0.15) is 11.5 Å². The van der Waals surface area contributed by atoms with Gasteiger partial charge in [0.05, 0.1) is 33.0 Å². The van der Waals surface area contributed by atoms with Gasteiger partial charge >= 0.3 is 0 Å². The van der Waals surface area contributed by atoms with Crippen LogP contribution >= 0.6 is 0 Å². The molecule has 2 aromatic carbocycles. The van der Waals surface area contributed by atoms with E-state index in [4.69, 9.17) is 18.9 Å². The maximum atomic E-state index is 13.2. The van der Waals surface area contributed by atoms with E-state index in [2.05, 4.69) is 0 Å². The van der Waals surface area contributed by atoms with Crippen LogP contribution in [0.2, 0.25) is 0 Å². The summed E-state index contributed by atoms with van der Waals surface area (Å²) < 4.78 is 22.3. The van der Waals surface area contributed by atoms with Crippen molar-refractivity contribution in [2.45, 2.75) is 51.0 Å². The van der Waals surface area contributed by atoms with Gasteiger partial charge < -0.3 is 18.9 Å². The van der Waals surface area contributed by atoms with Gasteiger partial charge in [0.2, 0.25) is 0 Å². The summed E-state index contributed by atoms with van der Waals surface area (Å²) in [7, 11) is 4.76. The number of hydrogen-bond acceptors (Lipinski definition) is 5. The molecule has 5 nitrogen and oxygen atoms in total. The van der Waals surface area contributed by atoms with E-state index in [1.165, 1.54) is 19.3 Å². The first-order chi connectivity index (χ1) is 14.1. The predicted molar refractivity (Wildman–Crippen MR) is 113 cm³/mol. The lowest BCUT2D eigenvalue weighted by Crippen LogP contribution is -2.19. The topological polar surface area (TPSA) is 54.0 Å². The van der Waals surface area contributed by atoms with Crippen LogP contribution in [0.4, 0.5) is 0 Å². The molecule has 1 atom stereocenters. The van der Waals surface area contributed by atoms with Gasteiger partial charge in [-0.05, 0) is 55.5 Å². The molecule has 0 aromatic heterocycles. The van der Waals surface area contributed by atoms with Crippen LogP contribution in [0.3, 0.4) is 0 Å². The van der Waals surface area contributed by atoms with Crippen LogP contribution in [0.25, 0.3) is 0 Å². The first-order valence-corrected chi connectivity index (χ1v) is 10.2. The van der Waals surface area contributed by atoms with Gasteiger partial charge in [-0.1, -0.05) is 19.4 Å². The molecule has 0 radical (unpaired) electrons. The molecule has 0 spiro atoms. The Labute approximate surface area is 172 Å². The number of ketones is 1. The molecule has 0 heterocycles. The number of Topliss-reactive ketones (excluding diaryl/α,β-unsaturated/α-hetero) is 1. The Kier molecular flexibility index (Phi) is 7.02. The van der Waals surface area contributed by atoms with Gasteiger partial charge in [-0.3, -0.25) is 4.79 Å². The molecule has 3 rings (SSSR count). The van der Waals surface area contributed by atoms with Crippen LogP contribution in [0.1, 0.15) is 60.9 Å². The van der Waals surface area contributed by atoms with Crippen LogP contribution in [-0.2, 0) is 0 Å². The third-order valence-electron chi connectivity index (χ3n) is 5.59. The quantitative estimate of drug-likeness (QED) is 0.557. The highest BCUT2D eigenvalue weighted by molar-refractivity contribution is 6.03. The van der Waals surface area contributed by atoms with E-state index in [9.17, 15) is 4.79 Å². The van der Waals surface area contributed by atoms with Crippen molar-refractivity contribution in [2.75, 3.05) is 21.3 Å². The van der Waals surface area contributed by atoms with E-state index in [0.717, 1.165) is 24.2 Å². The fourth-order valence-corrected chi connectivity index (χ4v) is 3.83.